The van der Waals surface area contributed by atoms with Gasteiger partial charge in [-0.3, -0.25) is 9.36 Å². The van der Waals surface area contributed by atoms with E-state index in [0.717, 1.165) is 35.3 Å². The first-order chi connectivity index (χ1) is 17.4. The van der Waals surface area contributed by atoms with Crippen molar-refractivity contribution in [2.45, 2.75) is 78.9 Å². The number of ketones is 1. The number of aryl methyl sites for hydroxylation is 1. The summed E-state index contributed by atoms with van der Waals surface area (Å²) >= 11 is 0. The standard InChI is InChI=1S/C15H8F7N3O.C8H16O2.C2H6/c1-7-23-10-3-5-12(14(17,18)19)24-13(10)25(7)8-2-4-11(9(16)6-8)26-15(20,21)22;1-4-5-7(9)6-8(2,3)10;1-2/h2-6H,1H3;10H,4-6H2,1-3H3;1-2H3. The summed E-state index contributed by atoms with van der Waals surface area (Å²) in [4.78, 5) is 18.4. The van der Waals surface area contributed by atoms with Crippen molar-refractivity contribution in [1.29, 1.82) is 0 Å². The van der Waals surface area contributed by atoms with Gasteiger partial charge in [0.05, 0.1) is 11.3 Å². The Morgan fingerprint density at radius 2 is 1.63 bits per heavy atom. The summed E-state index contributed by atoms with van der Waals surface area (Å²) in [6.07, 6.45) is -8.05. The Hall–Kier alpha value is -3.22. The lowest BCUT2D eigenvalue weighted by Gasteiger charge is -2.14. The molecule has 0 aliphatic heterocycles. The fourth-order valence-corrected chi connectivity index (χ4v) is 3.22. The summed E-state index contributed by atoms with van der Waals surface area (Å²) in [6, 6.07) is 4.32. The minimum atomic E-state index is -5.08. The molecule has 0 unspecified atom stereocenters. The van der Waals surface area contributed by atoms with Crippen molar-refractivity contribution in [3.8, 4) is 11.4 Å². The van der Waals surface area contributed by atoms with Crippen LogP contribution in [-0.2, 0) is 11.0 Å². The molecule has 6 nitrogen and oxygen atoms in total. The van der Waals surface area contributed by atoms with Gasteiger partial charge in [-0.25, -0.2) is 14.4 Å². The van der Waals surface area contributed by atoms with E-state index in [1.54, 1.807) is 13.8 Å². The molecule has 0 bridgehead atoms. The molecule has 0 saturated heterocycles. The van der Waals surface area contributed by atoms with E-state index in [2.05, 4.69) is 14.7 Å². The van der Waals surface area contributed by atoms with Crippen molar-refractivity contribution in [2.24, 2.45) is 0 Å². The smallest absolute Gasteiger partial charge is 0.403 e. The number of alkyl halides is 6. The monoisotopic (exact) mass is 553 g/mol. The van der Waals surface area contributed by atoms with E-state index in [4.69, 9.17) is 0 Å². The van der Waals surface area contributed by atoms with E-state index in [1.807, 2.05) is 20.8 Å². The van der Waals surface area contributed by atoms with E-state index in [-0.39, 0.29) is 34.9 Å². The van der Waals surface area contributed by atoms with Crippen molar-refractivity contribution in [1.82, 2.24) is 14.5 Å². The Bertz CT molecular complexity index is 1210. The molecule has 0 saturated carbocycles. The number of aliphatic hydroxyl groups is 1. The maximum atomic E-state index is 13.9. The third kappa shape index (κ3) is 9.92. The summed E-state index contributed by atoms with van der Waals surface area (Å²) in [5.74, 6) is -2.08. The molecule has 0 amide bonds. The summed E-state index contributed by atoms with van der Waals surface area (Å²) in [7, 11) is 0. The van der Waals surface area contributed by atoms with Gasteiger partial charge in [-0.05, 0) is 51.5 Å². The Labute approximate surface area is 215 Å². The predicted molar refractivity (Wildman–Crippen MR) is 127 cm³/mol. The van der Waals surface area contributed by atoms with Gasteiger partial charge in [0.15, 0.2) is 17.2 Å². The second kappa shape index (κ2) is 13.0. The van der Waals surface area contributed by atoms with E-state index in [9.17, 15) is 40.6 Å². The molecule has 0 aliphatic rings. The van der Waals surface area contributed by atoms with E-state index in [0.29, 0.717) is 12.5 Å². The summed E-state index contributed by atoms with van der Waals surface area (Å²) in [5.41, 5.74) is -2.15. The van der Waals surface area contributed by atoms with E-state index in [1.165, 1.54) is 6.92 Å². The average molecular weight is 554 g/mol. The highest BCUT2D eigenvalue weighted by molar-refractivity contribution is 5.79. The highest BCUT2D eigenvalue weighted by Gasteiger charge is 2.34. The number of hydrogen-bond donors (Lipinski definition) is 1. The molecule has 38 heavy (non-hydrogen) atoms. The third-order valence-electron chi connectivity index (χ3n) is 4.52. The molecule has 1 aromatic carbocycles. The maximum Gasteiger partial charge on any atom is 0.573 e. The van der Waals surface area contributed by atoms with Crippen molar-refractivity contribution < 1.29 is 45.4 Å². The van der Waals surface area contributed by atoms with Crippen molar-refractivity contribution in [3.63, 3.8) is 0 Å². The zero-order valence-corrected chi connectivity index (χ0v) is 21.8. The molecule has 13 heteroatoms. The topological polar surface area (TPSA) is 77.2 Å². The summed E-state index contributed by atoms with van der Waals surface area (Å²) in [6.45, 7) is 10.7. The van der Waals surface area contributed by atoms with Gasteiger partial charge in [0.1, 0.15) is 22.8 Å². The fraction of sp³-hybridized carbons (Fsp3) is 0.480. The molecule has 212 valence electrons. The summed E-state index contributed by atoms with van der Waals surface area (Å²) in [5, 5.41) is 9.19. The molecule has 0 atom stereocenters. The maximum absolute atomic E-state index is 13.9. The lowest BCUT2D eigenvalue weighted by Crippen LogP contribution is -2.22. The van der Waals surface area contributed by atoms with Gasteiger partial charge in [-0.15, -0.1) is 13.2 Å². The van der Waals surface area contributed by atoms with Gasteiger partial charge in [0.25, 0.3) is 0 Å². The first kappa shape index (κ1) is 32.8. The lowest BCUT2D eigenvalue weighted by molar-refractivity contribution is -0.275. The highest BCUT2D eigenvalue weighted by atomic mass is 19.4. The van der Waals surface area contributed by atoms with Gasteiger partial charge in [-0.2, -0.15) is 13.2 Å². The number of carbonyl (C=O) groups excluding carboxylic acids is 1. The van der Waals surface area contributed by atoms with Gasteiger partial charge >= 0.3 is 12.5 Å². The van der Waals surface area contributed by atoms with Crippen molar-refractivity contribution in [2.75, 3.05) is 0 Å². The van der Waals surface area contributed by atoms with Gasteiger partial charge in [0.2, 0.25) is 0 Å². The lowest BCUT2D eigenvalue weighted by atomic mass is 10.00. The molecular formula is C25H30F7N3O3. The fourth-order valence-electron chi connectivity index (χ4n) is 3.22. The number of halogens is 7. The van der Waals surface area contributed by atoms with Crippen LogP contribution in [0.5, 0.6) is 5.75 Å². The molecule has 1 N–H and O–H groups in total. The van der Waals surface area contributed by atoms with Crippen LogP contribution >= 0.6 is 0 Å². The first-order valence-electron chi connectivity index (χ1n) is 11.6. The number of hydrogen-bond acceptors (Lipinski definition) is 5. The Morgan fingerprint density at radius 3 is 2.11 bits per heavy atom. The average Bonchev–Trinajstić information content (AvgIpc) is 3.09. The quantitative estimate of drug-likeness (QED) is 0.324. The van der Waals surface area contributed by atoms with Crippen LogP contribution in [0.1, 0.15) is 65.4 Å². The molecule has 3 rings (SSSR count). The zero-order valence-electron chi connectivity index (χ0n) is 21.8. The van der Waals surface area contributed by atoms with Gasteiger partial charge < -0.3 is 9.84 Å². The number of aromatic nitrogens is 3. The van der Waals surface area contributed by atoms with Crippen molar-refractivity contribution in [3.05, 3.63) is 47.7 Å². The van der Waals surface area contributed by atoms with Gasteiger partial charge in [0, 0.05) is 18.9 Å². The number of rotatable bonds is 6. The number of ether oxygens (including phenoxy) is 1. The second-order valence-corrected chi connectivity index (χ2v) is 8.47. The second-order valence-electron chi connectivity index (χ2n) is 8.47. The van der Waals surface area contributed by atoms with Crippen LogP contribution in [0.25, 0.3) is 16.9 Å². The zero-order chi connectivity index (χ0) is 29.5. The third-order valence-corrected chi connectivity index (χ3v) is 4.52. The molecule has 2 heterocycles. The SMILES string of the molecule is CC.CCCC(=O)CC(C)(C)O.Cc1nc2ccc(C(F)(F)F)nc2n1-c1ccc(OC(F)(F)F)c(F)c1. The minimum Gasteiger partial charge on any atom is -0.403 e. The molecule has 3 aromatic rings. The van der Waals surface area contributed by atoms with Crippen molar-refractivity contribution >= 4 is 16.9 Å². The molecule has 0 aliphatic carbocycles. The number of fused-ring (bicyclic) bond motifs is 1. The minimum absolute atomic E-state index is 0.0520. The molecule has 0 radical (unpaired) electrons. The van der Waals surface area contributed by atoms with Crippen LogP contribution in [0.4, 0.5) is 30.7 Å². The number of imidazole rings is 1. The molecule has 2 aromatic heterocycles. The van der Waals surface area contributed by atoms with Crippen LogP contribution in [0.2, 0.25) is 0 Å². The number of Topliss-reactive ketones (excluding diaryl/α,β-unsaturated/α-hetero) is 1. The normalized spacial score (nSPS) is 11.8. The Kier molecular flexibility index (Phi) is 11.2. The number of carbonyl (C=O) groups is 1. The molecule has 0 spiro atoms. The van der Waals surface area contributed by atoms with Crippen LogP contribution in [-0.4, -0.2) is 37.4 Å². The number of pyridine rings is 1. The van der Waals surface area contributed by atoms with Crippen LogP contribution in [0.15, 0.2) is 30.3 Å². The van der Waals surface area contributed by atoms with Gasteiger partial charge in [-0.1, -0.05) is 20.8 Å². The largest absolute Gasteiger partial charge is 0.573 e. The first-order valence-corrected chi connectivity index (χ1v) is 11.6. The summed E-state index contributed by atoms with van der Waals surface area (Å²) < 4.78 is 93.7. The van der Waals surface area contributed by atoms with Crippen LogP contribution < -0.4 is 4.74 Å². The molecule has 0 fully saturated rings. The highest BCUT2D eigenvalue weighted by Crippen LogP contribution is 2.31. The van der Waals surface area contributed by atoms with E-state index >= 15 is 0 Å². The number of nitrogens with zero attached hydrogens (tertiary/aromatic N) is 3. The number of benzene rings is 1. The molecular weight excluding hydrogens is 523 g/mol. The van der Waals surface area contributed by atoms with Crippen LogP contribution in [0, 0.1) is 12.7 Å². The van der Waals surface area contributed by atoms with Crippen LogP contribution in [0.3, 0.4) is 0 Å². The Balaban J connectivity index is 0.000000510. The Morgan fingerprint density at radius 1 is 1.03 bits per heavy atom. The predicted octanol–water partition coefficient (Wildman–Crippen LogP) is 7.33. The van der Waals surface area contributed by atoms with E-state index < -0.39 is 35.4 Å².